The van der Waals surface area contributed by atoms with Gasteiger partial charge in [0.05, 0.1) is 18.8 Å². The number of nitrogens with zero attached hydrogens (tertiary/aromatic N) is 4. The average Bonchev–Trinajstić information content (AvgIpc) is 3.32. The fourth-order valence-electron chi connectivity index (χ4n) is 3.44. The number of carbonyl (C=O) groups excluding carboxylic acids is 1. The van der Waals surface area contributed by atoms with Crippen LogP contribution in [0.25, 0.3) is 5.57 Å². The number of benzene rings is 1. The van der Waals surface area contributed by atoms with Gasteiger partial charge in [0.1, 0.15) is 5.82 Å². The van der Waals surface area contributed by atoms with Gasteiger partial charge in [-0.05, 0) is 36.7 Å². The summed E-state index contributed by atoms with van der Waals surface area (Å²) in [7, 11) is 0. The molecule has 1 fully saturated rings. The molecule has 26 heavy (non-hydrogen) atoms. The summed E-state index contributed by atoms with van der Waals surface area (Å²) in [5, 5.41) is 10.9. The molecule has 3 heterocycles. The van der Waals surface area contributed by atoms with Gasteiger partial charge in [-0.15, -0.1) is 5.10 Å². The summed E-state index contributed by atoms with van der Waals surface area (Å²) < 4.78 is 22.1. The summed E-state index contributed by atoms with van der Waals surface area (Å²) in [6.45, 7) is 2.58. The van der Waals surface area contributed by atoms with E-state index in [4.69, 9.17) is 4.74 Å². The first-order valence-electron chi connectivity index (χ1n) is 8.66. The molecular weight excluding hydrogens is 337 g/mol. The predicted octanol–water partition coefficient (Wildman–Crippen LogP) is 1.22. The number of anilines is 1. The molecule has 0 radical (unpaired) electrons. The van der Waals surface area contributed by atoms with E-state index in [1.54, 1.807) is 28.0 Å². The highest BCUT2D eigenvalue weighted by molar-refractivity contribution is 5.71. The molecule has 0 spiro atoms. The summed E-state index contributed by atoms with van der Waals surface area (Å²) in [6, 6.07) is 5.11. The van der Waals surface area contributed by atoms with Gasteiger partial charge in [0.2, 0.25) is 0 Å². The van der Waals surface area contributed by atoms with Crippen LogP contribution in [0.4, 0.5) is 10.1 Å². The number of nitrogens with one attached hydrogen (secondary N) is 1. The van der Waals surface area contributed by atoms with E-state index >= 15 is 0 Å². The number of hydrogen-bond donors (Lipinski definition) is 1. The molecule has 0 saturated carbocycles. The lowest BCUT2D eigenvalue weighted by molar-refractivity contribution is -0.117. The van der Waals surface area contributed by atoms with E-state index in [0.29, 0.717) is 24.3 Å². The summed E-state index contributed by atoms with van der Waals surface area (Å²) in [6.07, 6.45) is 5.94. The highest BCUT2D eigenvalue weighted by Gasteiger charge is 2.33. The lowest BCUT2D eigenvalue weighted by Crippen LogP contribution is -2.31. The van der Waals surface area contributed by atoms with Crippen molar-refractivity contribution in [2.24, 2.45) is 0 Å². The van der Waals surface area contributed by atoms with E-state index in [1.165, 1.54) is 6.07 Å². The van der Waals surface area contributed by atoms with Crippen LogP contribution in [0.15, 0.2) is 36.7 Å². The van der Waals surface area contributed by atoms with Crippen LogP contribution >= 0.6 is 0 Å². The van der Waals surface area contributed by atoms with Gasteiger partial charge in [-0.1, -0.05) is 11.3 Å². The molecule has 1 unspecified atom stereocenters. The van der Waals surface area contributed by atoms with Crippen molar-refractivity contribution in [1.29, 1.82) is 0 Å². The zero-order valence-corrected chi connectivity index (χ0v) is 14.2. The second kappa shape index (κ2) is 7.35. The Bertz CT molecular complexity index is 808. The van der Waals surface area contributed by atoms with Crippen LogP contribution in [0.1, 0.15) is 12.0 Å². The highest BCUT2D eigenvalue weighted by Crippen LogP contribution is 2.29. The average molecular weight is 357 g/mol. The van der Waals surface area contributed by atoms with Gasteiger partial charge in [0, 0.05) is 30.5 Å². The van der Waals surface area contributed by atoms with E-state index in [0.717, 1.165) is 31.4 Å². The third-order valence-electron chi connectivity index (χ3n) is 4.71. The van der Waals surface area contributed by atoms with Crippen molar-refractivity contribution in [3.05, 3.63) is 48.0 Å². The molecule has 1 aromatic heterocycles. The number of carbonyl (C=O) groups is 1. The molecule has 2 aromatic rings. The number of aromatic nitrogens is 3. The molecule has 8 heteroatoms. The van der Waals surface area contributed by atoms with Gasteiger partial charge in [-0.3, -0.25) is 4.79 Å². The summed E-state index contributed by atoms with van der Waals surface area (Å²) in [5.41, 5.74) is 2.28. The number of rotatable bonds is 5. The molecular formula is C18H20FN5O2. The van der Waals surface area contributed by atoms with Gasteiger partial charge in [-0.2, -0.15) is 0 Å². The predicted molar refractivity (Wildman–Crippen MR) is 94.0 cm³/mol. The summed E-state index contributed by atoms with van der Waals surface area (Å²) in [5.74, 6) is -0.278. The molecule has 0 aliphatic carbocycles. The van der Waals surface area contributed by atoms with Crippen molar-refractivity contribution in [1.82, 2.24) is 20.3 Å². The minimum absolute atomic E-state index is 0.221. The van der Waals surface area contributed by atoms with E-state index in [-0.39, 0.29) is 11.9 Å². The Hall–Kier alpha value is -2.58. The van der Waals surface area contributed by atoms with Gasteiger partial charge in [0.25, 0.3) is 0 Å². The number of hydrogen-bond acceptors (Lipinski definition) is 6. The van der Waals surface area contributed by atoms with Crippen molar-refractivity contribution in [2.45, 2.75) is 25.3 Å². The SMILES string of the molecule is O=CC1O[C@@H](Cn2ccnn2)CN1c1ccc(C2=CCNCC2)c(F)c1. The Balaban J connectivity index is 1.53. The third-order valence-corrected chi connectivity index (χ3v) is 4.71. The van der Waals surface area contributed by atoms with Crippen molar-refractivity contribution < 1.29 is 13.9 Å². The van der Waals surface area contributed by atoms with E-state index in [2.05, 4.69) is 15.6 Å². The van der Waals surface area contributed by atoms with Gasteiger partial charge >= 0.3 is 0 Å². The fourth-order valence-corrected chi connectivity index (χ4v) is 3.44. The first-order chi connectivity index (χ1) is 12.7. The maximum absolute atomic E-state index is 14.7. The minimum atomic E-state index is -0.730. The zero-order valence-electron chi connectivity index (χ0n) is 14.2. The molecule has 2 atom stereocenters. The molecule has 7 nitrogen and oxygen atoms in total. The van der Waals surface area contributed by atoms with E-state index in [1.807, 2.05) is 12.1 Å². The topological polar surface area (TPSA) is 72.3 Å². The second-order valence-electron chi connectivity index (χ2n) is 6.41. The Morgan fingerprint density at radius 3 is 3.04 bits per heavy atom. The monoisotopic (exact) mass is 357 g/mol. The van der Waals surface area contributed by atoms with E-state index < -0.39 is 6.23 Å². The van der Waals surface area contributed by atoms with Crippen LogP contribution < -0.4 is 10.2 Å². The summed E-state index contributed by atoms with van der Waals surface area (Å²) >= 11 is 0. The molecule has 136 valence electrons. The van der Waals surface area contributed by atoms with Crippen molar-refractivity contribution in [2.75, 3.05) is 24.5 Å². The highest BCUT2D eigenvalue weighted by atomic mass is 19.1. The lowest BCUT2D eigenvalue weighted by Gasteiger charge is -2.22. The quantitative estimate of drug-likeness (QED) is 0.812. The Labute approximate surface area is 150 Å². The molecule has 2 aliphatic heterocycles. The first-order valence-corrected chi connectivity index (χ1v) is 8.66. The Morgan fingerprint density at radius 1 is 1.42 bits per heavy atom. The van der Waals surface area contributed by atoms with Gasteiger partial charge in [-0.25, -0.2) is 9.07 Å². The van der Waals surface area contributed by atoms with Crippen LogP contribution in [0.3, 0.4) is 0 Å². The minimum Gasteiger partial charge on any atom is -0.344 e. The molecule has 1 N–H and O–H groups in total. The van der Waals surface area contributed by atoms with Gasteiger partial charge in [0.15, 0.2) is 12.5 Å². The molecule has 4 rings (SSSR count). The summed E-state index contributed by atoms with van der Waals surface area (Å²) in [4.78, 5) is 13.2. The Morgan fingerprint density at radius 2 is 2.35 bits per heavy atom. The standard InChI is InChI=1S/C18H20FN5O2/c19-17-9-14(1-2-16(17)13-3-5-20-6-4-13)24-11-15(26-18(24)12-25)10-23-8-7-21-22-23/h1-3,7-9,12,15,18,20H,4-6,10-11H2/t15-,18?/m0/s1. The molecule has 1 saturated heterocycles. The van der Waals surface area contributed by atoms with Crippen LogP contribution in [0.5, 0.6) is 0 Å². The van der Waals surface area contributed by atoms with E-state index in [9.17, 15) is 9.18 Å². The largest absolute Gasteiger partial charge is 0.344 e. The van der Waals surface area contributed by atoms with Crippen molar-refractivity contribution >= 4 is 17.5 Å². The smallest absolute Gasteiger partial charge is 0.187 e. The van der Waals surface area contributed by atoms with Crippen molar-refractivity contribution in [3.8, 4) is 0 Å². The number of halogens is 1. The normalized spacial score (nSPS) is 23.1. The number of ether oxygens (including phenoxy) is 1. The van der Waals surface area contributed by atoms with Gasteiger partial charge < -0.3 is 15.0 Å². The molecule has 1 aromatic carbocycles. The van der Waals surface area contributed by atoms with Crippen LogP contribution in [-0.2, 0) is 16.1 Å². The number of aldehydes is 1. The zero-order chi connectivity index (χ0) is 17.9. The molecule has 2 aliphatic rings. The third kappa shape index (κ3) is 3.38. The maximum atomic E-state index is 14.7. The molecule has 0 amide bonds. The Kier molecular flexibility index (Phi) is 4.77. The van der Waals surface area contributed by atoms with Crippen LogP contribution in [0.2, 0.25) is 0 Å². The second-order valence-corrected chi connectivity index (χ2v) is 6.41. The fraction of sp³-hybridized carbons (Fsp3) is 0.389. The lowest BCUT2D eigenvalue weighted by atomic mass is 9.99. The van der Waals surface area contributed by atoms with Crippen LogP contribution in [0, 0.1) is 5.82 Å². The first kappa shape index (κ1) is 16.9. The van der Waals surface area contributed by atoms with Crippen LogP contribution in [-0.4, -0.2) is 53.2 Å². The maximum Gasteiger partial charge on any atom is 0.187 e. The van der Waals surface area contributed by atoms with Crippen molar-refractivity contribution in [3.63, 3.8) is 0 Å². The molecule has 0 bridgehead atoms.